The van der Waals surface area contributed by atoms with Crippen LogP contribution < -0.4 is 0 Å². The Kier molecular flexibility index (Phi) is 4.40. The molecule has 1 aromatic carbocycles. The molecule has 0 aliphatic carbocycles. The third kappa shape index (κ3) is 3.12. The molecule has 1 aliphatic rings. The van der Waals surface area contributed by atoms with Crippen LogP contribution in [-0.2, 0) is 9.59 Å². The Morgan fingerprint density at radius 1 is 1.29 bits per heavy atom. The maximum Gasteiger partial charge on any atom is 0.333 e. The van der Waals surface area contributed by atoms with Crippen molar-refractivity contribution in [3.05, 3.63) is 47.5 Å². The van der Waals surface area contributed by atoms with Gasteiger partial charge in [0.25, 0.3) is 0 Å². The van der Waals surface area contributed by atoms with Crippen molar-refractivity contribution in [2.24, 2.45) is 0 Å². The minimum Gasteiger partial charge on any atom is -0.478 e. The molecule has 1 aliphatic heterocycles. The lowest BCUT2D eigenvalue weighted by Gasteiger charge is -2.49. The van der Waals surface area contributed by atoms with Gasteiger partial charge in [-0.3, -0.25) is 4.90 Å². The molecule has 6 heteroatoms. The summed E-state index contributed by atoms with van der Waals surface area (Å²) >= 11 is 0. The molecule has 0 bridgehead atoms. The van der Waals surface area contributed by atoms with Crippen LogP contribution in [0, 0.1) is 0 Å². The first-order chi connectivity index (χ1) is 9.91. The fraction of sp³-hybridized carbons (Fsp3) is 0.333. The van der Waals surface area contributed by atoms with Gasteiger partial charge < -0.3 is 15.3 Å². The zero-order valence-electron chi connectivity index (χ0n) is 11.5. The normalized spacial score (nSPS) is 24.2. The number of carbonyl (C=O) groups is 2. The molecule has 0 saturated carbocycles. The van der Waals surface area contributed by atoms with Crippen molar-refractivity contribution in [1.29, 1.82) is 0 Å². The molecule has 1 saturated heterocycles. The van der Waals surface area contributed by atoms with E-state index in [0.717, 1.165) is 5.56 Å². The van der Waals surface area contributed by atoms with Gasteiger partial charge in [0.1, 0.15) is 0 Å². The zero-order chi connectivity index (χ0) is 15.6. The number of nitrogens with zero attached hydrogens (tertiary/aromatic N) is 1. The number of hydrogen-bond donors (Lipinski definition) is 3. The first-order valence-electron chi connectivity index (χ1n) is 6.58. The van der Waals surface area contributed by atoms with Crippen molar-refractivity contribution in [1.82, 2.24) is 4.90 Å². The number of aliphatic carboxylic acids is 2. The summed E-state index contributed by atoms with van der Waals surface area (Å²) in [5, 5.41) is 27.8. The van der Waals surface area contributed by atoms with Gasteiger partial charge >= 0.3 is 11.9 Å². The second-order valence-electron chi connectivity index (χ2n) is 5.04. The van der Waals surface area contributed by atoms with Crippen LogP contribution in [0.2, 0.25) is 0 Å². The van der Waals surface area contributed by atoms with Crippen LogP contribution in [-0.4, -0.2) is 50.8 Å². The standard InChI is InChI=1S/C15H17NO5/c1-9(10-5-3-2-4-6-10)16-8-12(17)14(16)11(15(20)21)7-13(18)19/h2-7,9,12,14,17H,8H2,1H3,(H,18,19)(H,20,21). The second-order valence-corrected chi connectivity index (χ2v) is 5.04. The fourth-order valence-corrected chi connectivity index (χ4v) is 2.63. The Labute approximate surface area is 121 Å². The molecule has 0 spiro atoms. The van der Waals surface area contributed by atoms with Gasteiger partial charge in [0, 0.05) is 18.7 Å². The van der Waals surface area contributed by atoms with Crippen LogP contribution >= 0.6 is 0 Å². The first-order valence-corrected chi connectivity index (χ1v) is 6.58. The van der Waals surface area contributed by atoms with E-state index in [9.17, 15) is 19.8 Å². The van der Waals surface area contributed by atoms with E-state index in [0.29, 0.717) is 12.6 Å². The predicted molar refractivity (Wildman–Crippen MR) is 74.7 cm³/mol. The minimum absolute atomic E-state index is 0.115. The summed E-state index contributed by atoms with van der Waals surface area (Å²) in [6, 6.07) is 8.53. The third-order valence-corrected chi connectivity index (χ3v) is 3.74. The van der Waals surface area contributed by atoms with Gasteiger partial charge in [-0.25, -0.2) is 9.59 Å². The van der Waals surface area contributed by atoms with Gasteiger partial charge in [-0.15, -0.1) is 0 Å². The van der Waals surface area contributed by atoms with Crippen molar-refractivity contribution in [2.75, 3.05) is 6.54 Å². The van der Waals surface area contributed by atoms with E-state index >= 15 is 0 Å². The summed E-state index contributed by atoms with van der Waals surface area (Å²) in [6.07, 6.45) is -0.224. The second kappa shape index (κ2) is 6.07. The van der Waals surface area contributed by atoms with E-state index in [4.69, 9.17) is 5.11 Å². The van der Waals surface area contributed by atoms with E-state index in [1.807, 2.05) is 37.3 Å². The highest BCUT2D eigenvalue weighted by Gasteiger charge is 2.45. The Morgan fingerprint density at radius 3 is 2.38 bits per heavy atom. The highest BCUT2D eigenvalue weighted by Crippen LogP contribution is 2.34. The number of β-amino-alcohol motifs (C(OH)–C–C–N with tert-alkyl or cyclic N) is 1. The summed E-state index contributed by atoms with van der Waals surface area (Å²) in [6.45, 7) is 2.21. The molecule has 1 fully saturated rings. The Balaban J connectivity index is 2.26. The first kappa shape index (κ1) is 15.2. The van der Waals surface area contributed by atoms with E-state index in [1.54, 1.807) is 4.90 Å². The average molecular weight is 291 g/mol. The molecule has 3 N–H and O–H groups in total. The highest BCUT2D eigenvalue weighted by molar-refractivity contribution is 5.96. The monoisotopic (exact) mass is 291 g/mol. The Hall–Kier alpha value is -2.18. The van der Waals surface area contributed by atoms with Gasteiger partial charge in [0.2, 0.25) is 0 Å². The molecule has 1 aromatic rings. The number of rotatable bonds is 5. The minimum atomic E-state index is -1.33. The van der Waals surface area contributed by atoms with E-state index < -0.39 is 24.1 Å². The fourth-order valence-electron chi connectivity index (χ4n) is 2.63. The quantitative estimate of drug-likeness (QED) is 0.697. The lowest BCUT2D eigenvalue weighted by Crippen LogP contribution is -2.62. The SMILES string of the molecule is CC(c1ccccc1)N1CC(O)C1C(=CC(=O)O)C(=O)O. The third-order valence-electron chi connectivity index (χ3n) is 3.74. The Bertz CT molecular complexity index is 569. The highest BCUT2D eigenvalue weighted by atomic mass is 16.4. The topological polar surface area (TPSA) is 98.1 Å². The lowest BCUT2D eigenvalue weighted by molar-refractivity contribution is -0.139. The average Bonchev–Trinajstić information content (AvgIpc) is 2.43. The summed E-state index contributed by atoms with van der Waals surface area (Å²) in [5.41, 5.74) is 0.679. The lowest BCUT2D eigenvalue weighted by atomic mass is 9.88. The number of aliphatic hydroxyl groups is 1. The van der Waals surface area contributed by atoms with Crippen LogP contribution in [0.3, 0.4) is 0 Å². The summed E-state index contributed by atoms with van der Waals surface area (Å²) in [7, 11) is 0. The van der Waals surface area contributed by atoms with Gasteiger partial charge in [0.05, 0.1) is 17.7 Å². The van der Waals surface area contributed by atoms with Crippen molar-refractivity contribution in [3.8, 4) is 0 Å². The van der Waals surface area contributed by atoms with Gasteiger partial charge in [-0.05, 0) is 12.5 Å². The number of aliphatic hydroxyl groups excluding tert-OH is 1. The number of carboxylic acids is 2. The summed E-state index contributed by atoms with van der Waals surface area (Å²) < 4.78 is 0. The van der Waals surface area contributed by atoms with Crippen LogP contribution in [0.15, 0.2) is 42.0 Å². The van der Waals surface area contributed by atoms with Crippen LogP contribution in [0.4, 0.5) is 0 Å². The number of benzene rings is 1. The van der Waals surface area contributed by atoms with Gasteiger partial charge in [-0.2, -0.15) is 0 Å². The van der Waals surface area contributed by atoms with Crippen molar-refractivity contribution in [3.63, 3.8) is 0 Å². The molecule has 3 unspecified atom stereocenters. The number of carboxylic acid groups (broad SMARTS) is 2. The molecule has 0 amide bonds. The smallest absolute Gasteiger partial charge is 0.333 e. The molecule has 0 radical (unpaired) electrons. The van der Waals surface area contributed by atoms with Crippen molar-refractivity contribution >= 4 is 11.9 Å². The molecule has 0 aromatic heterocycles. The molecule has 21 heavy (non-hydrogen) atoms. The molecule has 2 rings (SSSR count). The van der Waals surface area contributed by atoms with Crippen molar-refractivity contribution in [2.45, 2.75) is 25.1 Å². The zero-order valence-corrected chi connectivity index (χ0v) is 11.5. The maximum atomic E-state index is 11.3. The van der Waals surface area contributed by atoms with Gasteiger partial charge in [-0.1, -0.05) is 30.3 Å². The Morgan fingerprint density at radius 2 is 1.90 bits per heavy atom. The largest absolute Gasteiger partial charge is 0.478 e. The van der Waals surface area contributed by atoms with Gasteiger partial charge in [0.15, 0.2) is 0 Å². The van der Waals surface area contributed by atoms with Crippen molar-refractivity contribution < 1.29 is 24.9 Å². The molecular weight excluding hydrogens is 274 g/mol. The van der Waals surface area contributed by atoms with Crippen LogP contribution in [0.1, 0.15) is 18.5 Å². The summed E-state index contributed by atoms with van der Waals surface area (Å²) in [5.74, 6) is -2.66. The predicted octanol–water partition coefficient (Wildman–Crippen LogP) is 0.888. The van der Waals surface area contributed by atoms with E-state index in [1.165, 1.54) is 0 Å². The van der Waals surface area contributed by atoms with E-state index in [-0.39, 0.29) is 11.6 Å². The summed E-state index contributed by atoms with van der Waals surface area (Å²) in [4.78, 5) is 23.8. The number of hydrogen-bond acceptors (Lipinski definition) is 4. The molecule has 1 heterocycles. The molecular formula is C15H17NO5. The molecule has 112 valence electrons. The number of likely N-dealkylation sites (tertiary alicyclic amines) is 1. The van der Waals surface area contributed by atoms with E-state index in [2.05, 4.69) is 0 Å². The molecule has 6 nitrogen and oxygen atoms in total. The van der Waals surface area contributed by atoms with Crippen LogP contribution in [0.5, 0.6) is 0 Å². The maximum absolute atomic E-state index is 11.3. The van der Waals surface area contributed by atoms with Crippen LogP contribution in [0.25, 0.3) is 0 Å². The molecule has 3 atom stereocenters.